The number of hydrogen-bond donors (Lipinski definition) is 2. The number of fused-ring (bicyclic) bond motifs is 1. The fraction of sp³-hybridized carbons (Fsp3) is 0.500. The first kappa shape index (κ1) is 18.3. The Labute approximate surface area is 144 Å². The van der Waals surface area contributed by atoms with Gasteiger partial charge in [-0.05, 0) is 6.92 Å². The molecule has 142 valence electrons. The minimum atomic E-state index is -4.59. The summed E-state index contributed by atoms with van der Waals surface area (Å²) in [5.41, 5.74) is 0.0345. The molecule has 7 nitrogen and oxygen atoms in total. The summed E-state index contributed by atoms with van der Waals surface area (Å²) in [6.07, 6.45) is -3.01. The van der Waals surface area contributed by atoms with Gasteiger partial charge in [-0.1, -0.05) is 0 Å². The molecule has 0 saturated heterocycles. The zero-order valence-electron chi connectivity index (χ0n) is 13.5. The summed E-state index contributed by atoms with van der Waals surface area (Å²) in [4.78, 5) is 7.54. The number of ether oxygens (including phenoxy) is 1. The van der Waals surface area contributed by atoms with Crippen LogP contribution in [0, 0.1) is 0 Å². The number of rotatable bonds is 6. The molecule has 1 atom stereocenters. The van der Waals surface area contributed by atoms with Crippen LogP contribution in [0.1, 0.15) is 18.2 Å². The fourth-order valence-electron chi connectivity index (χ4n) is 2.67. The molecular formula is C14H15F5N6O. The van der Waals surface area contributed by atoms with Gasteiger partial charge in [0.1, 0.15) is 11.4 Å². The first-order valence-electron chi connectivity index (χ1n) is 7.71. The second kappa shape index (κ2) is 7.02. The first-order valence-corrected chi connectivity index (χ1v) is 7.71. The van der Waals surface area contributed by atoms with Gasteiger partial charge in [-0.25, -0.2) is 4.98 Å². The SMILES string of the molecule is CCNc1nc(Nc2cnn3c2CC(OC(F)F)C3)ncc1C(F)(F)F. The Hall–Kier alpha value is -2.50. The topological polar surface area (TPSA) is 76.9 Å². The zero-order valence-corrected chi connectivity index (χ0v) is 13.5. The highest BCUT2D eigenvalue weighted by molar-refractivity contribution is 5.59. The molecule has 26 heavy (non-hydrogen) atoms. The van der Waals surface area contributed by atoms with Crippen molar-refractivity contribution in [2.24, 2.45) is 0 Å². The van der Waals surface area contributed by atoms with Crippen molar-refractivity contribution in [2.45, 2.75) is 38.8 Å². The fourth-order valence-corrected chi connectivity index (χ4v) is 2.67. The molecule has 0 spiro atoms. The van der Waals surface area contributed by atoms with Crippen LogP contribution in [0.2, 0.25) is 0 Å². The van der Waals surface area contributed by atoms with E-state index in [9.17, 15) is 22.0 Å². The van der Waals surface area contributed by atoms with Crippen molar-refractivity contribution < 1.29 is 26.7 Å². The minimum Gasteiger partial charge on any atom is -0.370 e. The molecule has 2 N–H and O–H groups in total. The maximum absolute atomic E-state index is 13.0. The maximum Gasteiger partial charge on any atom is 0.421 e. The van der Waals surface area contributed by atoms with Gasteiger partial charge >= 0.3 is 12.8 Å². The molecule has 0 aliphatic carbocycles. The second-order valence-electron chi connectivity index (χ2n) is 5.52. The standard InChI is InChI=1S/C14H15F5N6O/c1-2-20-11-8(14(17,18)19)4-21-13(24-11)23-9-5-22-25-6-7(3-10(9)25)26-12(15)16/h4-5,7,12H,2-3,6H2,1H3,(H2,20,21,23,24). The van der Waals surface area contributed by atoms with Crippen LogP contribution in [0.5, 0.6) is 0 Å². The summed E-state index contributed by atoms with van der Waals surface area (Å²) >= 11 is 0. The Kier molecular flexibility index (Phi) is 4.94. The molecule has 0 aromatic carbocycles. The van der Waals surface area contributed by atoms with Crippen molar-refractivity contribution >= 4 is 17.5 Å². The van der Waals surface area contributed by atoms with Gasteiger partial charge in [-0.2, -0.15) is 32.0 Å². The third-order valence-electron chi connectivity index (χ3n) is 3.73. The summed E-state index contributed by atoms with van der Waals surface area (Å²) in [7, 11) is 0. The molecule has 1 aliphatic rings. The largest absolute Gasteiger partial charge is 0.421 e. The van der Waals surface area contributed by atoms with Crippen molar-refractivity contribution in [3.8, 4) is 0 Å². The Morgan fingerprint density at radius 1 is 1.35 bits per heavy atom. The highest BCUT2D eigenvalue weighted by atomic mass is 19.4. The number of nitrogens with zero attached hydrogens (tertiary/aromatic N) is 4. The molecule has 3 rings (SSSR count). The monoisotopic (exact) mass is 378 g/mol. The van der Waals surface area contributed by atoms with Crippen molar-refractivity contribution in [1.29, 1.82) is 0 Å². The Bertz CT molecular complexity index is 778. The molecule has 3 heterocycles. The maximum atomic E-state index is 13.0. The highest BCUT2D eigenvalue weighted by Crippen LogP contribution is 2.34. The Balaban J connectivity index is 1.80. The van der Waals surface area contributed by atoms with Crippen LogP contribution >= 0.6 is 0 Å². The smallest absolute Gasteiger partial charge is 0.370 e. The van der Waals surface area contributed by atoms with Crippen molar-refractivity contribution in [2.75, 3.05) is 17.2 Å². The van der Waals surface area contributed by atoms with Crippen molar-refractivity contribution in [3.63, 3.8) is 0 Å². The van der Waals surface area contributed by atoms with Gasteiger partial charge in [0.2, 0.25) is 5.95 Å². The third-order valence-corrected chi connectivity index (χ3v) is 3.73. The number of hydrogen-bond acceptors (Lipinski definition) is 6. The van der Waals surface area contributed by atoms with E-state index in [4.69, 9.17) is 0 Å². The lowest BCUT2D eigenvalue weighted by Crippen LogP contribution is -2.18. The van der Waals surface area contributed by atoms with Crippen LogP contribution in [0.4, 0.5) is 39.4 Å². The summed E-state index contributed by atoms with van der Waals surface area (Å²) < 4.78 is 69.6. The number of aromatic nitrogens is 4. The molecule has 0 fully saturated rings. The van der Waals surface area contributed by atoms with E-state index in [0.29, 0.717) is 17.6 Å². The van der Waals surface area contributed by atoms with Gasteiger partial charge < -0.3 is 15.4 Å². The average Bonchev–Trinajstić information content (AvgIpc) is 3.07. The predicted molar refractivity (Wildman–Crippen MR) is 81.3 cm³/mol. The van der Waals surface area contributed by atoms with Gasteiger partial charge in [0.25, 0.3) is 0 Å². The van der Waals surface area contributed by atoms with E-state index >= 15 is 0 Å². The summed E-state index contributed by atoms with van der Waals surface area (Å²) in [6, 6.07) is 0. The van der Waals surface area contributed by atoms with Gasteiger partial charge in [0.05, 0.1) is 30.2 Å². The van der Waals surface area contributed by atoms with E-state index in [0.717, 1.165) is 0 Å². The van der Waals surface area contributed by atoms with E-state index < -0.39 is 24.5 Å². The predicted octanol–water partition coefficient (Wildman–Crippen LogP) is 3.03. The lowest BCUT2D eigenvalue weighted by atomic mass is 10.2. The summed E-state index contributed by atoms with van der Waals surface area (Å²) in [5, 5.41) is 9.37. The number of alkyl halides is 5. The molecule has 0 saturated carbocycles. The molecule has 0 amide bonds. The molecule has 1 unspecified atom stereocenters. The second-order valence-corrected chi connectivity index (χ2v) is 5.52. The quantitative estimate of drug-likeness (QED) is 0.753. The Morgan fingerprint density at radius 2 is 2.12 bits per heavy atom. The van der Waals surface area contributed by atoms with E-state index in [2.05, 4.69) is 30.4 Å². The number of nitrogens with one attached hydrogen (secondary N) is 2. The van der Waals surface area contributed by atoms with Crippen LogP contribution < -0.4 is 10.6 Å². The molecule has 12 heteroatoms. The molecular weight excluding hydrogens is 363 g/mol. The molecule has 0 radical (unpaired) electrons. The van der Waals surface area contributed by atoms with Gasteiger partial charge in [0, 0.05) is 19.2 Å². The summed E-state index contributed by atoms with van der Waals surface area (Å²) in [5.74, 6) is -0.414. The van der Waals surface area contributed by atoms with E-state index in [1.54, 1.807) is 6.92 Å². The van der Waals surface area contributed by atoms with E-state index in [1.807, 2.05) is 0 Å². The lowest BCUT2D eigenvalue weighted by molar-refractivity contribution is -0.161. The molecule has 2 aromatic rings. The Morgan fingerprint density at radius 3 is 2.77 bits per heavy atom. The first-order chi connectivity index (χ1) is 12.3. The highest BCUT2D eigenvalue weighted by Gasteiger charge is 2.35. The minimum absolute atomic E-state index is 0.0667. The van der Waals surface area contributed by atoms with Gasteiger partial charge in [-0.15, -0.1) is 0 Å². The van der Waals surface area contributed by atoms with Crippen LogP contribution in [0.25, 0.3) is 0 Å². The lowest BCUT2D eigenvalue weighted by Gasteiger charge is -2.14. The van der Waals surface area contributed by atoms with Crippen LogP contribution in [0.15, 0.2) is 12.4 Å². The molecule has 1 aliphatic heterocycles. The van der Waals surface area contributed by atoms with E-state index in [1.165, 1.54) is 10.9 Å². The third kappa shape index (κ3) is 3.84. The van der Waals surface area contributed by atoms with Gasteiger partial charge in [-0.3, -0.25) is 4.68 Å². The van der Waals surface area contributed by atoms with Crippen LogP contribution in [-0.2, 0) is 23.9 Å². The van der Waals surface area contributed by atoms with Crippen LogP contribution in [0.3, 0.4) is 0 Å². The summed E-state index contributed by atoms with van der Waals surface area (Å²) in [6.45, 7) is -0.835. The number of halogens is 5. The van der Waals surface area contributed by atoms with Crippen LogP contribution in [-0.4, -0.2) is 39.0 Å². The van der Waals surface area contributed by atoms with Gasteiger partial charge in [0.15, 0.2) is 0 Å². The van der Waals surface area contributed by atoms with E-state index in [-0.39, 0.29) is 31.3 Å². The van der Waals surface area contributed by atoms with Crippen molar-refractivity contribution in [1.82, 2.24) is 19.7 Å². The normalized spacial score (nSPS) is 16.8. The average molecular weight is 378 g/mol. The molecule has 0 bridgehead atoms. The molecule has 2 aromatic heterocycles. The number of anilines is 3. The zero-order chi connectivity index (χ0) is 18.9. The van der Waals surface area contributed by atoms with Crippen molar-refractivity contribution in [3.05, 3.63) is 23.7 Å².